The molecule has 1 atom stereocenters. The van der Waals surface area contributed by atoms with Crippen LogP contribution < -0.4 is 5.73 Å². The monoisotopic (exact) mass is 306 g/mol. The summed E-state index contributed by atoms with van der Waals surface area (Å²) in [5.74, 6) is -1.34. The highest BCUT2D eigenvalue weighted by atomic mass is 35.5. The van der Waals surface area contributed by atoms with E-state index in [0.717, 1.165) is 0 Å². The first-order valence-corrected chi connectivity index (χ1v) is 6.46. The number of carbonyl (C=O) groups excluding carboxylic acids is 3. The first-order valence-electron chi connectivity index (χ1n) is 6.46. The van der Waals surface area contributed by atoms with Gasteiger partial charge in [-0.2, -0.15) is 0 Å². The van der Waals surface area contributed by atoms with Gasteiger partial charge in [0.1, 0.15) is 6.54 Å². The number of rotatable bonds is 5. The summed E-state index contributed by atoms with van der Waals surface area (Å²) in [4.78, 5) is 39.8. The van der Waals surface area contributed by atoms with Crippen LogP contribution in [0.3, 0.4) is 0 Å². The lowest BCUT2D eigenvalue weighted by atomic mass is 10.2. The SMILES string of the molecule is CCN1CCN(CC(=O)N(C)C(C)CN)C(=O)C1=O.Cl. The van der Waals surface area contributed by atoms with E-state index in [1.54, 1.807) is 7.05 Å². The maximum Gasteiger partial charge on any atom is 0.312 e. The number of nitrogens with zero attached hydrogens (tertiary/aromatic N) is 3. The topological polar surface area (TPSA) is 86.9 Å². The van der Waals surface area contributed by atoms with E-state index in [1.165, 1.54) is 14.7 Å². The molecule has 0 spiro atoms. The smallest absolute Gasteiger partial charge is 0.312 e. The lowest BCUT2D eigenvalue weighted by Gasteiger charge is -2.34. The summed E-state index contributed by atoms with van der Waals surface area (Å²) in [5.41, 5.74) is 5.49. The predicted octanol–water partition coefficient (Wildman–Crippen LogP) is -1.10. The molecule has 7 nitrogen and oxygen atoms in total. The Kier molecular flexibility index (Phi) is 7.52. The molecule has 1 rings (SSSR count). The Bertz CT molecular complexity index is 378. The normalized spacial score (nSPS) is 16.8. The van der Waals surface area contributed by atoms with Gasteiger partial charge in [0.05, 0.1) is 0 Å². The highest BCUT2D eigenvalue weighted by Gasteiger charge is 2.33. The number of piperazine rings is 1. The molecular weight excluding hydrogens is 284 g/mol. The molecular formula is C12H23ClN4O3. The minimum absolute atomic E-state index is 0. The summed E-state index contributed by atoms with van der Waals surface area (Å²) in [6.07, 6.45) is 0. The first-order chi connectivity index (χ1) is 8.92. The second-order valence-corrected chi connectivity index (χ2v) is 4.70. The number of hydrogen-bond donors (Lipinski definition) is 1. The molecule has 8 heteroatoms. The molecule has 1 saturated heterocycles. The second-order valence-electron chi connectivity index (χ2n) is 4.70. The first kappa shape index (κ1) is 18.7. The zero-order valence-electron chi connectivity index (χ0n) is 12.2. The Morgan fingerprint density at radius 2 is 1.80 bits per heavy atom. The summed E-state index contributed by atoms with van der Waals surface area (Å²) in [6.45, 7) is 5.33. The van der Waals surface area contributed by atoms with Gasteiger partial charge in [0.15, 0.2) is 0 Å². The van der Waals surface area contributed by atoms with Gasteiger partial charge in [-0.25, -0.2) is 0 Å². The molecule has 1 aliphatic heterocycles. The third kappa shape index (κ3) is 4.08. The number of likely N-dealkylation sites (N-methyl/N-ethyl adjacent to an activating group) is 2. The maximum absolute atomic E-state index is 12.0. The average molecular weight is 307 g/mol. The van der Waals surface area contributed by atoms with E-state index in [1.807, 2.05) is 13.8 Å². The molecule has 20 heavy (non-hydrogen) atoms. The van der Waals surface area contributed by atoms with Crippen LogP contribution in [-0.2, 0) is 14.4 Å². The van der Waals surface area contributed by atoms with Gasteiger partial charge in [-0.15, -0.1) is 12.4 Å². The van der Waals surface area contributed by atoms with Crippen molar-refractivity contribution in [2.75, 3.05) is 39.8 Å². The quantitative estimate of drug-likeness (QED) is 0.654. The Labute approximate surface area is 125 Å². The van der Waals surface area contributed by atoms with Gasteiger partial charge in [0, 0.05) is 39.3 Å². The predicted molar refractivity (Wildman–Crippen MR) is 77.4 cm³/mol. The maximum atomic E-state index is 12.0. The zero-order valence-corrected chi connectivity index (χ0v) is 13.0. The Hall–Kier alpha value is -1.34. The number of carbonyl (C=O) groups is 3. The van der Waals surface area contributed by atoms with Gasteiger partial charge in [-0.3, -0.25) is 14.4 Å². The van der Waals surface area contributed by atoms with Gasteiger partial charge >= 0.3 is 11.8 Å². The lowest BCUT2D eigenvalue weighted by Crippen LogP contribution is -2.56. The summed E-state index contributed by atoms with van der Waals surface area (Å²) in [6, 6.07) is -0.0877. The summed E-state index contributed by atoms with van der Waals surface area (Å²) in [7, 11) is 1.65. The van der Waals surface area contributed by atoms with Crippen LogP contribution >= 0.6 is 12.4 Å². The second kappa shape index (κ2) is 8.06. The van der Waals surface area contributed by atoms with Crippen molar-refractivity contribution in [1.29, 1.82) is 0 Å². The molecule has 0 radical (unpaired) electrons. The molecule has 0 aromatic rings. The van der Waals surface area contributed by atoms with Crippen molar-refractivity contribution < 1.29 is 14.4 Å². The van der Waals surface area contributed by atoms with Crippen LogP contribution in [0.4, 0.5) is 0 Å². The Morgan fingerprint density at radius 3 is 2.30 bits per heavy atom. The molecule has 0 bridgehead atoms. The van der Waals surface area contributed by atoms with Gasteiger partial charge < -0.3 is 20.4 Å². The Balaban J connectivity index is 0.00000361. The molecule has 2 N–H and O–H groups in total. The van der Waals surface area contributed by atoms with Gasteiger partial charge in [-0.1, -0.05) is 0 Å². The van der Waals surface area contributed by atoms with Crippen molar-refractivity contribution in [3.63, 3.8) is 0 Å². The highest BCUT2D eigenvalue weighted by molar-refractivity contribution is 6.35. The van der Waals surface area contributed by atoms with E-state index >= 15 is 0 Å². The summed E-state index contributed by atoms with van der Waals surface area (Å²) >= 11 is 0. The van der Waals surface area contributed by atoms with Crippen LogP contribution in [0.5, 0.6) is 0 Å². The van der Waals surface area contributed by atoms with Crippen LogP contribution in [0, 0.1) is 0 Å². The number of amides is 3. The van der Waals surface area contributed by atoms with Crippen LogP contribution in [0.2, 0.25) is 0 Å². The third-order valence-electron chi connectivity index (χ3n) is 3.50. The van der Waals surface area contributed by atoms with Crippen molar-refractivity contribution in [3.05, 3.63) is 0 Å². The lowest BCUT2D eigenvalue weighted by molar-refractivity contribution is -0.157. The van der Waals surface area contributed by atoms with Gasteiger partial charge in [0.2, 0.25) is 5.91 Å². The van der Waals surface area contributed by atoms with Gasteiger partial charge in [0.25, 0.3) is 0 Å². The van der Waals surface area contributed by atoms with Crippen LogP contribution in [0.15, 0.2) is 0 Å². The molecule has 3 amide bonds. The van der Waals surface area contributed by atoms with Crippen LogP contribution in [-0.4, -0.2) is 78.2 Å². The van der Waals surface area contributed by atoms with E-state index in [4.69, 9.17) is 5.73 Å². The average Bonchev–Trinajstić information content (AvgIpc) is 2.42. The number of halogens is 1. The zero-order chi connectivity index (χ0) is 14.6. The van der Waals surface area contributed by atoms with Crippen molar-refractivity contribution in [1.82, 2.24) is 14.7 Å². The molecule has 116 valence electrons. The van der Waals surface area contributed by atoms with Crippen molar-refractivity contribution in [3.8, 4) is 0 Å². The highest BCUT2D eigenvalue weighted by Crippen LogP contribution is 2.06. The number of hydrogen-bond acceptors (Lipinski definition) is 4. The minimum Gasteiger partial charge on any atom is -0.340 e. The fourth-order valence-electron chi connectivity index (χ4n) is 1.85. The van der Waals surface area contributed by atoms with E-state index in [9.17, 15) is 14.4 Å². The van der Waals surface area contributed by atoms with E-state index in [0.29, 0.717) is 26.2 Å². The van der Waals surface area contributed by atoms with Crippen LogP contribution in [0.1, 0.15) is 13.8 Å². The van der Waals surface area contributed by atoms with Gasteiger partial charge in [-0.05, 0) is 13.8 Å². The number of nitrogens with two attached hydrogens (primary N) is 1. The van der Waals surface area contributed by atoms with Crippen molar-refractivity contribution >= 4 is 30.1 Å². The van der Waals surface area contributed by atoms with Crippen LogP contribution in [0.25, 0.3) is 0 Å². The molecule has 1 heterocycles. The Morgan fingerprint density at radius 1 is 1.30 bits per heavy atom. The largest absolute Gasteiger partial charge is 0.340 e. The minimum atomic E-state index is -0.602. The van der Waals surface area contributed by atoms with Crippen molar-refractivity contribution in [2.24, 2.45) is 5.73 Å². The third-order valence-corrected chi connectivity index (χ3v) is 3.50. The van der Waals surface area contributed by atoms with E-state index in [-0.39, 0.29) is 30.9 Å². The summed E-state index contributed by atoms with van der Waals surface area (Å²) < 4.78 is 0. The molecule has 0 saturated carbocycles. The van der Waals surface area contributed by atoms with E-state index < -0.39 is 11.8 Å². The molecule has 0 aromatic carbocycles. The van der Waals surface area contributed by atoms with E-state index in [2.05, 4.69) is 0 Å². The standard InChI is InChI=1S/C12H22N4O3.ClH/c1-4-15-5-6-16(12(19)11(15)18)8-10(17)14(3)9(2)7-13;/h9H,4-8,13H2,1-3H3;1H. The molecule has 1 aliphatic rings. The fraction of sp³-hybridized carbons (Fsp3) is 0.750. The fourth-order valence-corrected chi connectivity index (χ4v) is 1.85. The molecule has 0 aliphatic carbocycles. The summed E-state index contributed by atoms with van der Waals surface area (Å²) in [5, 5.41) is 0. The molecule has 1 unspecified atom stereocenters. The molecule has 1 fully saturated rings. The molecule has 0 aromatic heterocycles. The van der Waals surface area contributed by atoms with Crippen molar-refractivity contribution in [2.45, 2.75) is 19.9 Å².